The summed E-state index contributed by atoms with van der Waals surface area (Å²) in [6.45, 7) is 3.40. The van der Waals surface area contributed by atoms with Crippen LogP contribution >= 0.6 is 0 Å². The summed E-state index contributed by atoms with van der Waals surface area (Å²) in [5, 5.41) is 3.39. The van der Waals surface area contributed by atoms with Gasteiger partial charge in [-0.05, 0) is 42.2 Å². The highest BCUT2D eigenvalue weighted by Gasteiger charge is 2.35. The first-order chi connectivity index (χ1) is 17.6. The van der Waals surface area contributed by atoms with Gasteiger partial charge in [-0.3, -0.25) is 15.1 Å². The van der Waals surface area contributed by atoms with Crippen LogP contribution in [0.3, 0.4) is 0 Å². The Labute approximate surface area is 211 Å². The number of hydrogen-bond donors (Lipinski definition) is 2. The van der Waals surface area contributed by atoms with Crippen molar-refractivity contribution in [3.8, 4) is 11.1 Å². The molecule has 3 rings (SSSR count). The SMILES string of the molecule is CCc1ccccc1-c1ccc(CNC(=O)N(CC)NC(=O)c2cc(C(F)(F)F)c[n+](OC)c2)c(F)c1. The Balaban J connectivity index is 1.69. The molecule has 1 heterocycles. The summed E-state index contributed by atoms with van der Waals surface area (Å²) in [5.74, 6) is -1.47. The fourth-order valence-corrected chi connectivity index (χ4v) is 3.63. The van der Waals surface area contributed by atoms with Crippen LogP contribution < -0.4 is 20.3 Å². The normalized spacial score (nSPS) is 11.1. The number of hydrogen-bond acceptors (Lipinski definition) is 3. The lowest BCUT2D eigenvalue weighted by molar-refractivity contribution is -0.886. The lowest BCUT2D eigenvalue weighted by atomic mass is 9.97. The van der Waals surface area contributed by atoms with E-state index in [1.807, 2.05) is 31.2 Å². The molecule has 37 heavy (non-hydrogen) atoms. The second-order valence-corrected chi connectivity index (χ2v) is 8.01. The lowest BCUT2D eigenvalue weighted by Crippen LogP contribution is -2.51. The fourth-order valence-electron chi connectivity index (χ4n) is 3.63. The number of nitrogens with one attached hydrogen (secondary N) is 2. The van der Waals surface area contributed by atoms with Crippen LogP contribution in [0.5, 0.6) is 0 Å². The average molecular weight is 520 g/mol. The number of hydrazine groups is 1. The average Bonchev–Trinajstić information content (AvgIpc) is 2.89. The third-order valence-electron chi connectivity index (χ3n) is 5.63. The van der Waals surface area contributed by atoms with Gasteiger partial charge in [-0.25, -0.2) is 14.2 Å². The third kappa shape index (κ3) is 6.75. The number of aryl methyl sites for hydroxylation is 1. The first-order valence-electron chi connectivity index (χ1n) is 11.5. The van der Waals surface area contributed by atoms with E-state index in [1.165, 1.54) is 6.07 Å². The highest BCUT2D eigenvalue weighted by molar-refractivity contribution is 5.94. The van der Waals surface area contributed by atoms with Crippen LogP contribution in [0.1, 0.15) is 40.9 Å². The Hall–Kier alpha value is -4.15. The van der Waals surface area contributed by atoms with Crippen molar-refractivity contribution in [2.75, 3.05) is 13.7 Å². The molecule has 0 spiro atoms. The molecule has 7 nitrogen and oxygen atoms in total. The highest BCUT2D eigenvalue weighted by atomic mass is 19.4. The maximum Gasteiger partial charge on any atom is 0.422 e. The molecule has 0 aliphatic carbocycles. The zero-order chi connectivity index (χ0) is 27.2. The molecular weight excluding hydrogens is 492 g/mol. The standard InChI is InChI=1S/C26H26F4N4O3/c1-4-17-8-6-7-9-22(17)18-10-11-19(23(27)13-18)14-31-25(36)34(5-2)32-24(35)20-12-21(26(28,29)30)16-33(15-20)37-3/h6-13,15-16H,4-5,14H2,1-3H3,(H-,31,32,35,36)/p+1. The Morgan fingerprint density at radius 3 is 2.38 bits per heavy atom. The molecule has 0 saturated carbocycles. The number of halogens is 4. The van der Waals surface area contributed by atoms with E-state index in [9.17, 15) is 27.2 Å². The van der Waals surface area contributed by atoms with Gasteiger partial charge in [-0.15, -0.1) is 0 Å². The predicted molar refractivity (Wildman–Crippen MR) is 127 cm³/mol. The monoisotopic (exact) mass is 519 g/mol. The summed E-state index contributed by atoms with van der Waals surface area (Å²) in [4.78, 5) is 30.0. The molecule has 0 atom stereocenters. The lowest BCUT2D eigenvalue weighted by Gasteiger charge is -2.22. The molecule has 11 heteroatoms. The van der Waals surface area contributed by atoms with E-state index in [0.29, 0.717) is 17.8 Å². The van der Waals surface area contributed by atoms with Gasteiger partial charge in [0.2, 0.25) is 12.4 Å². The molecular formula is C26H27F4N4O3+. The molecule has 0 unspecified atom stereocenters. The minimum Gasteiger partial charge on any atom is -0.332 e. The molecule has 0 bridgehead atoms. The molecule has 3 aromatic rings. The Kier molecular flexibility index (Phi) is 8.69. The minimum atomic E-state index is -4.71. The van der Waals surface area contributed by atoms with Crippen LogP contribution in [-0.2, 0) is 19.1 Å². The summed E-state index contributed by atoms with van der Waals surface area (Å²) in [5.41, 5.74) is 3.72. The van der Waals surface area contributed by atoms with Crippen LogP contribution in [0.15, 0.2) is 60.9 Å². The summed E-state index contributed by atoms with van der Waals surface area (Å²) < 4.78 is 55.0. The van der Waals surface area contributed by atoms with Crippen molar-refractivity contribution in [2.45, 2.75) is 33.0 Å². The number of pyridine rings is 1. The van der Waals surface area contributed by atoms with Crippen molar-refractivity contribution in [3.05, 3.63) is 89.0 Å². The summed E-state index contributed by atoms with van der Waals surface area (Å²) in [6.07, 6.45) is -2.19. The topological polar surface area (TPSA) is 74.6 Å². The zero-order valence-electron chi connectivity index (χ0n) is 20.5. The number of carbonyl (C=O) groups is 2. The molecule has 1 aromatic heterocycles. The predicted octanol–water partition coefficient (Wildman–Crippen LogP) is 4.30. The number of amides is 3. The van der Waals surface area contributed by atoms with E-state index in [2.05, 4.69) is 10.7 Å². The van der Waals surface area contributed by atoms with Crippen LogP contribution in [0.25, 0.3) is 11.1 Å². The molecule has 0 aliphatic rings. The third-order valence-corrected chi connectivity index (χ3v) is 5.63. The Bertz CT molecular complexity index is 1280. The molecule has 0 radical (unpaired) electrons. The van der Waals surface area contributed by atoms with Crippen LogP contribution in [0.4, 0.5) is 22.4 Å². The summed E-state index contributed by atoms with van der Waals surface area (Å²) in [7, 11) is 1.14. The van der Waals surface area contributed by atoms with Gasteiger partial charge in [-0.1, -0.05) is 43.3 Å². The Morgan fingerprint density at radius 2 is 1.76 bits per heavy atom. The quantitative estimate of drug-likeness (QED) is 0.278. The van der Waals surface area contributed by atoms with Gasteiger partial charge in [0, 0.05) is 23.4 Å². The second-order valence-electron chi connectivity index (χ2n) is 8.01. The highest BCUT2D eigenvalue weighted by Crippen LogP contribution is 2.29. The maximum atomic E-state index is 14.8. The number of aromatic nitrogens is 1. The molecule has 0 saturated heterocycles. The van der Waals surface area contributed by atoms with Crippen molar-refractivity contribution in [1.29, 1.82) is 0 Å². The zero-order valence-corrected chi connectivity index (χ0v) is 20.5. The molecule has 196 valence electrons. The summed E-state index contributed by atoms with van der Waals surface area (Å²) >= 11 is 0. The van der Waals surface area contributed by atoms with E-state index in [1.54, 1.807) is 19.1 Å². The molecule has 2 aromatic carbocycles. The molecule has 3 amide bonds. The van der Waals surface area contributed by atoms with Gasteiger partial charge in [0.25, 0.3) is 5.91 Å². The number of rotatable bonds is 7. The first kappa shape index (κ1) is 27.4. The second kappa shape index (κ2) is 11.7. The van der Waals surface area contributed by atoms with Gasteiger partial charge in [0.15, 0.2) is 0 Å². The van der Waals surface area contributed by atoms with E-state index in [4.69, 9.17) is 4.84 Å². The van der Waals surface area contributed by atoms with E-state index in [-0.39, 0.29) is 24.2 Å². The number of benzene rings is 2. The van der Waals surface area contributed by atoms with Crippen molar-refractivity contribution in [2.24, 2.45) is 0 Å². The van der Waals surface area contributed by atoms with Crippen LogP contribution in [0, 0.1) is 5.82 Å². The smallest absolute Gasteiger partial charge is 0.332 e. The number of nitrogens with zero attached hydrogens (tertiary/aromatic N) is 2. The Morgan fingerprint density at radius 1 is 1.03 bits per heavy atom. The van der Waals surface area contributed by atoms with Gasteiger partial charge < -0.3 is 5.32 Å². The maximum absolute atomic E-state index is 14.8. The van der Waals surface area contributed by atoms with Gasteiger partial charge in [-0.2, -0.15) is 13.2 Å². The number of urea groups is 1. The number of alkyl halides is 3. The largest absolute Gasteiger partial charge is 0.422 e. The summed E-state index contributed by atoms with van der Waals surface area (Å²) in [6, 6.07) is 12.3. The fraction of sp³-hybridized carbons (Fsp3) is 0.269. The van der Waals surface area contributed by atoms with Crippen LogP contribution in [0.2, 0.25) is 0 Å². The van der Waals surface area contributed by atoms with Gasteiger partial charge in [0.1, 0.15) is 24.1 Å². The van der Waals surface area contributed by atoms with Crippen molar-refractivity contribution < 1.29 is 36.7 Å². The van der Waals surface area contributed by atoms with E-state index >= 15 is 0 Å². The number of carbonyl (C=O) groups excluding carboxylic acids is 2. The van der Waals surface area contributed by atoms with E-state index in [0.717, 1.165) is 40.6 Å². The van der Waals surface area contributed by atoms with Crippen molar-refractivity contribution in [1.82, 2.24) is 15.8 Å². The van der Waals surface area contributed by atoms with E-state index < -0.39 is 29.5 Å². The minimum absolute atomic E-state index is 0.00393. The molecule has 0 aliphatic heterocycles. The van der Waals surface area contributed by atoms with Crippen molar-refractivity contribution >= 4 is 11.9 Å². The molecule has 0 fully saturated rings. The van der Waals surface area contributed by atoms with Gasteiger partial charge >= 0.3 is 12.2 Å². The van der Waals surface area contributed by atoms with Gasteiger partial charge in [0.05, 0.1) is 0 Å². The van der Waals surface area contributed by atoms with Crippen LogP contribution in [-0.4, -0.2) is 30.6 Å². The first-order valence-corrected chi connectivity index (χ1v) is 11.5. The molecule has 2 N–H and O–H groups in total. The van der Waals surface area contributed by atoms with Crippen molar-refractivity contribution in [3.63, 3.8) is 0 Å².